The molecule has 1 rings (SSSR count). The predicted octanol–water partition coefficient (Wildman–Crippen LogP) is 1.90. The quantitative estimate of drug-likeness (QED) is 0.746. The molecule has 0 aliphatic rings. The molecule has 0 bridgehead atoms. The maximum Gasteiger partial charge on any atom is 0.153 e. The van der Waals surface area contributed by atoms with Crippen LogP contribution >= 0.6 is 0 Å². The van der Waals surface area contributed by atoms with Crippen LogP contribution in [0.2, 0.25) is 0 Å². The summed E-state index contributed by atoms with van der Waals surface area (Å²) in [4.78, 5) is 11.7. The summed E-state index contributed by atoms with van der Waals surface area (Å²) in [6, 6.07) is 9.17. The second kappa shape index (κ2) is 7.65. The normalized spacial score (nSPS) is 13.6. The Morgan fingerprint density at radius 3 is 2.72 bits per heavy atom. The molecule has 3 heteroatoms. The number of benzene rings is 1. The molecule has 0 saturated carbocycles. The second-order valence-electron chi connectivity index (χ2n) is 4.20. The Balaban J connectivity index is 2.38. The lowest BCUT2D eigenvalue weighted by molar-refractivity contribution is -0.123. The van der Waals surface area contributed by atoms with Crippen LogP contribution in [0.15, 0.2) is 30.3 Å². The molecular weight excluding hydrogens is 226 g/mol. The highest BCUT2D eigenvalue weighted by Crippen LogP contribution is 2.07. The third-order valence-electron chi connectivity index (χ3n) is 2.75. The molecule has 0 saturated heterocycles. The van der Waals surface area contributed by atoms with Crippen LogP contribution in [0.3, 0.4) is 0 Å². The molecule has 2 unspecified atom stereocenters. The average Bonchev–Trinajstić information content (AvgIpc) is 2.42. The van der Waals surface area contributed by atoms with Gasteiger partial charge in [-0.3, -0.25) is 4.79 Å². The van der Waals surface area contributed by atoms with Gasteiger partial charge in [0.15, 0.2) is 5.78 Å². The van der Waals surface area contributed by atoms with E-state index in [2.05, 4.69) is 5.92 Å². The Hall–Kier alpha value is -1.63. The van der Waals surface area contributed by atoms with E-state index in [4.69, 9.17) is 16.9 Å². The zero-order chi connectivity index (χ0) is 13.4. The van der Waals surface area contributed by atoms with Gasteiger partial charge in [0, 0.05) is 12.8 Å². The summed E-state index contributed by atoms with van der Waals surface area (Å²) in [5, 5.41) is 0. The van der Waals surface area contributed by atoms with E-state index in [1.54, 1.807) is 6.92 Å². The fourth-order valence-electron chi connectivity index (χ4n) is 1.53. The molecule has 0 amide bonds. The van der Waals surface area contributed by atoms with E-state index in [0.29, 0.717) is 19.4 Å². The number of ether oxygens (including phenoxy) is 1. The molecule has 96 valence electrons. The molecule has 0 aliphatic heterocycles. The van der Waals surface area contributed by atoms with Gasteiger partial charge in [-0.25, -0.2) is 0 Å². The summed E-state index contributed by atoms with van der Waals surface area (Å²) in [6.45, 7) is 2.26. The lowest BCUT2D eigenvalue weighted by Crippen LogP contribution is -2.41. The van der Waals surface area contributed by atoms with Crippen molar-refractivity contribution in [3.63, 3.8) is 0 Å². The monoisotopic (exact) mass is 245 g/mol. The van der Waals surface area contributed by atoms with Gasteiger partial charge >= 0.3 is 0 Å². The molecule has 2 atom stereocenters. The lowest BCUT2D eigenvalue weighted by atomic mass is 10.0. The van der Waals surface area contributed by atoms with Crippen molar-refractivity contribution in [2.24, 2.45) is 5.73 Å². The van der Waals surface area contributed by atoms with E-state index in [-0.39, 0.29) is 11.9 Å². The lowest BCUT2D eigenvalue weighted by Gasteiger charge is -2.19. The Labute approximate surface area is 108 Å². The number of nitrogens with two attached hydrogens (primary N) is 1. The number of rotatable bonds is 7. The zero-order valence-electron chi connectivity index (χ0n) is 10.6. The first kappa shape index (κ1) is 14.4. The van der Waals surface area contributed by atoms with Crippen LogP contribution in [-0.2, 0) is 16.1 Å². The summed E-state index contributed by atoms with van der Waals surface area (Å²) in [7, 11) is 0. The van der Waals surface area contributed by atoms with Crippen LogP contribution in [0.25, 0.3) is 0 Å². The van der Waals surface area contributed by atoms with E-state index >= 15 is 0 Å². The molecule has 1 aromatic carbocycles. The largest absolute Gasteiger partial charge is 0.372 e. The van der Waals surface area contributed by atoms with Gasteiger partial charge in [0.1, 0.15) is 0 Å². The molecule has 0 fully saturated rings. The minimum absolute atomic E-state index is 0.0477. The van der Waals surface area contributed by atoms with Crippen LogP contribution in [0.5, 0.6) is 0 Å². The van der Waals surface area contributed by atoms with Crippen molar-refractivity contribution in [1.29, 1.82) is 0 Å². The number of hydrogen-bond acceptors (Lipinski definition) is 3. The van der Waals surface area contributed by atoms with Gasteiger partial charge in [0.05, 0.1) is 18.8 Å². The van der Waals surface area contributed by atoms with Gasteiger partial charge < -0.3 is 10.5 Å². The first-order valence-corrected chi connectivity index (χ1v) is 6.02. The summed E-state index contributed by atoms with van der Waals surface area (Å²) >= 11 is 0. The topological polar surface area (TPSA) is 52.3 Å². The van der Waals surface area contributed by atoms with Gasteiger partial charge in [-0.15, -0.1) is 12.3 Å². The maximum atomic E-state index is 11.7. The molecular formula is C15H19NO2. The fourth-order valence-corrected chi connectivity index (χ4v) is 1.53. The first-order valence-electron chi connectivity index (χ1n) is 6.02. The Morgan fingerprint density at radius 1 is 1.44 bits per heavy atom. The highest BCUT2D eigenvalue weighted by atomic mass is 16.5. The number of ketones is 1. The van der Waals surface area contributed by atoms with Crippen molar-refractivity contribution in [2.45, 2.75) is 38.5 Å². The summed E-state index contributed by atoms with van der Waals surface area (Å²) < 4.78 is 5.59. The molecule has 3 nitrogen and oxygen atoms in total. The number of carbonyl (C=O) groups excluding carboxylic acids is 1. The van der Waals surface area contributed by atoms with E-state index < -0.39 is 6.04 Å². The van der Waals surface area contributed by atoms with Crippen molar-refractivity contribution >= 4 is 5.78 Å². The van der Waals surface area contributed by atoms with Crippen molar-refractivity contribution < 1.29 is 9.53 Å². The van der Waals surface area contributed by atoms with E-state index in [0.717, 1.165) is 5.56 Å². The van der Waals surface area contributed by atoms with Crippen LogP contribution < -0.4 is 5.73 Å². The third-order valence-corrected chi connectivity index (χ3v) is 2.75. The molecule has 0 heterocycles. The van der Waals surface area contributed by atoms with E-state index in [1.165, 1.54) is 0 Å². The van der Waals surface area contributed by atoms with Crippen LogP contribution in [-0.4, -0.2) is 17.9 Å². The number of hydrogen-bond donors (Lipinski definition) is 1. The van der Waals surface area contributed by atoms with Gasteiger partial charge in [0.2, 0.25) is 0 Å². The second-order valence-corrected chi connectivity index (χ2v) is 4.20. The molecule has 0 aromatic heterocycles. The van der Waals surface area contributed by atoms with Crippen LogP contribution in [0, 0.1) is 12.3 Å². The van der Waals surface area contributed by atoms with Gasteiger partial charge in [0.25, 0.3) is 0 Å². The number of carbonyl (C=O) groups is 1. The molecule has 18 heavy (non-hydrogen) atoms. The van der Waals surface area contributed by atoms with Crippen molar-refractivity contribution in [3.05, 3.63) is 35.9 Å². The Morgan fingerprint density at radius 2 is 2.11 bits per heavy atom. The first-order chi connectivity index (χ1) is 8.65. The van der Waals surface area contributed by atoms with Crippen molar-refractivity contribution in [1.82, 2.24) is 0 Å². The van der Waals surface area contributed by atoms with E-state index in [9.17, 15) is 4.79 Å². The highest BCUT2D eigenvalue weighted by Gasteiger charge is 2.20. The predicted molar refractivity (Wildman–Crippen MR) is 71.7 cm³/mol. The minimum Gasteiger partial charge on any atom is -0.372 e. The average molecular weight is 245 g/mol. The zero-order valence-corrected chi connectivity index (χ0v) is 10.6. The molecule has 0 spiro atoms. The summed E-state index contributed by atoms with van der Waals surface area (Å²) in [6.07, 6.45) is 5.55. The van der Waals surface area contributed by atoms with Crippen molar-refractivity contribution in [2.75, 3.05) is 0 Å². The van der Waals surface area contributed by atoms with Crippen LogP contribution in [0.1, 0.15) is 25.3 Å². The smallest absolute Gasteiger partial charge is 0.153 e. The fraction of sp³-hybridized carbons (Fsp3) is 0.400. The molecule has 1 aromatic rings. The Kier molecular flexibility index (Phi) is 6.13. The molecule has 2 N–H and O–H groups in total. The number of Topliss-reactive ketones (excluding diaryl/α,β-unsaturated/α-hetero) is 1. The van der Waals surface area contributed by atoms with Gasteiger partial charge in [-0.2, -0.15) is 0 Å². The number of terminal acetylenes is 1. The summed E-state index contributed by atoms with van der Waals surface area (Å²) in [5.74, 6) is 2.39. The van der Waals surface area contributed by atoms with Crippen LogP contribution in [0.4, 0.5) is 0 Å². The van der Waals surface area contributed by atoms with Crippen molar-refractivity contribution in [3.8, 4) is 12.3 Å². The summed E-state index contributed by atoms with van der Waals surface area (Å²) in [5.41, 5.74) is 6.89. The SMILES string of the molecule is C#CCCC(=O)C(N)C(C)OCc1ccccc1. The van der Waals surface area contributed by atoms with Gasteiger partial charge in [-0.05, 0) is 12.5 Å². The van der Waals surface area contributed by atoms with Gasteiger partial charge in [-0.1, -0.05) is 30.3 Å². The molecule has 0 radical (unpaired) electrons. The standard InChI is InChI=1S/C15H19NO2/c1-3-4-10-14(17)15(16)12(2)18-11-13-8-6-5-7-9-13/h1,5-9,12,15H,4,10-11,16H2,2H3. The molecule has 0 aliphatic carbocycles. The minimum atomic E-state index is -0.609. The third kappa shape index (κ3) is 4.70. The maximum absolute atomic E-state index is 11.7. The Bertz CT molecular complexity index is 408. The van der Waals surface area contributed by atoms with E-state index in [1.807, 2.05) is 30.3 Å². The highest BCUT2D eigenvalue weighted by molar-refractivity contribution is 5.84.